The number of methoxy groups -OCH3 is 1. The highest BCUT2D eigenvalue weighted by Gasteiger charge is 2.18. The van der Waals surface area contributed by atoms with Crippen molar-refractivity contribution in [2.24, 2.45) is 0 Å². The zero-order valence-electron chi connectivity index (χ0n) is 9.17. The summed E-state index contributed by atoms with van der Waals surface area (Å²) in [5.41, 5.74) is -0.863. The Hall–Kier alpha value is -1.36. The third kappa shape index (κ3) is 3.66. The van der Waals surface area contributed by atoms with Gasteiger partial charge >= 0.3 is 5.97 Å². The summed E-state index contributed by atoms with van der Waals surface area (Å²) >= 11 is 1.24. The first-order valence-electron chi connectivity index (χ1n) is 4.82. The van der Waals surface area contributed by atoms with E-state index in [0.717, 1.165) is 0 Å². The van der Waals surface area contributed by atoms with Crippen molar-refractivity contribution in [3.63, 3.8) is 0 Å². The van der Waals surface area contributed by atoms with Crippen LogP contribution in [-0.2, 0) is 4.79 Å². The second kappa shape index (κ2) is 6.27. The summed E-state index contributed by atoms with van der Waals surface area (Å²) in [5, 5.41) is 8.90. The van der Waals surface area contributed by atoms with Gasteiger partial charge in [0.15, 0.2) is 0 Å². The van der Waals surface area contributed by atoms with Gasteiger partial charge in [-0.2, -0.15) is 0 Å². The number of thioether (sulfide) groups is 1. The molecule has 1 unspecified atom stereocenters. The van der Waals surface area contributed by atoms with E-state index in [0.29, 0.717) is 17.3 Å². The first-order valence-corrected chi connectivity index (χ1v) is 5.87. The molecule has 1 N–H and O–H groups in total. The standard InChI is InChI=1S/C11H14O4S/c1-3-16-11(10(12)13)15-9-6-4-8(14-2)5-7-9/h4-7,11H,3H2,1-2H3,(H,12,13). The van der Waals surface area contributed by atoms with Gasteiger partial charge in [0.1, 0.15) is 11.5 Å². The van der Waals surface area contributed by atoms with Gasteiger partial charge in [-0.15, -0.1) is 11.8 Å². The van der Waals surface area contributed by atoms with E-state index in [9.17, 15) is 4.79 Å². The Morgan fingerprint density at radius 2 is 1.94 bits per heavy atom. The molecule has 0 aliphatic carbocycles. The van der Waals surface area contributed by atoms with E-state index in [4.69, 9.17) is 14.6 Å². The van der Waals surface area contributed by atoms with Gasteiger partial charge in [0.2, 0.25) is 5.44 Å². The van der Waals surface area contributed by atoms with Gasteiger partial charge in [0, 0.05) is 0 Å². The largest absolute Gasteiger partial charge is 0.497 e. The number of benzene rings is 1. The van der Waals surface area contributed by atoms with Gasteiger partial charge in [-0.25, -0.2) is 4.79 Å². The first kappa shape index (κ1) is 12.7. The number of hydrogen-bond acceptors (Lipinski definition) is 4. The van der Waals surface area contributed by atoms with Gasteiger partial charge in [-0.1, -0.05) is 6.92 Å². The lowest BCUT2D eigenvalue weighted by atomic mass is 10.3. The molecule has 0 bridgehead atoms. The number of hydrogen-bond donors (Lipinski definition) is 1. The predicted molar refractivity (Wildman–Crippen MR) is 63.2 cm³/mol. The third-order valence-electron chi connectivity index (χ3n) is 1.82. The lowest BCUT2D eigenvalue weighted by Crippen LogP contribution is -2.23. The Labute approximate surface area is 98.6 Å². The van der Waals surface area contributed by atoms with Crippen LogP contribution in [0.4, 0.5) is 0 Å². The highest BCUT2D eigenvalue weighted by Crippen LogP contribution is 2.21. The highest BCUT2D eigenvalue weighted by molar-refractivity contribution is 8.00. The summed E-state index contributed by atoms with van der Waals surface area (Å²) in [6.07, 6.45) is 0. The highest BCUT2D eigenvalue weighted by atomic mass is 32.2. The van der Waals surface area contributed by atoms with E-state index in [1.165, 1.54) is 11.8 Å². The van der Waals surface area contributed by atoms with Crippen molar-refractivity contribution in [3.8, 4) is 11.5 Å². The molecule has 0 aromatic heterocycles. The lowest BCUT2D eigenvalue weighted by Gasteiger charge is -2.13. The number of rotatable bonds is 6. The molecule has 1 rings (SSSR count). The lowest BCUT2D eigenvalue weighted by molar-refractivity contribution is -0.140. The molecule has 1 aromatic rings. The first-order chi connectivity index (χ1) is 7.67. The average Bonchev–Trinajstić information content (AvgIpc) is 2.29. The molecule has 5 heteroatoms. The molecule has 0 heterocycles. The summed E-state index contributed by atoms with van der Waals surface area (Å²) in [4.78, 5) is 10.8. The van der Waals surface area contributed by atoms with Crippen molar-refractivity contribution >= 4 is 17.7 Å². The quantitative estimate of drug-likeness (QED) is 0.775. The van der Waals surface area contributed by atoms with Crippen LogP contribution in [0.25, 0.3) is 0 Å². The van der Waals surface area contributed by atoms with E-state index in [-0.39, 0.29) is 0 Å². The molecule has 0 saturated heterocycles. The van der Waals surface area contributed by atoms with Crippen LogP contribution in [0.15, 0.2) is 24.3 Å². The van der Waals surface area contributed by atoms with Crippen LogP contribution in [-0.4, -0.2) is 29.4 Å². The van der Waals surface area contributed by atoms with Gasteiger partial charge in [0.25, 0.3) is 0 Å². The van der Waals surface area contributed by atoms with E-state index in [1.54, 1.807) is 31.4 Å². The van der Waals surface area contributed by atoms with Gasteiger partial charge in [-0.3, -0.25) is 0 Å². The SMILES string of the molecule is CCSC(Oc1ccc(OC)cc1)C(=O)O. The maximum absolute atomic E-state index is 10.8. The second-order valence-electron chi connectivity index (χ2n) is 2.92. The number of carbonyl (C=O) groups is 1. The molecule has 0 radical (unpaired) electrons. The van der Waals surface area contributed by atoms with Crippen molar-refractivity contribution in [2.75, 3.05) is 12.9 Å². The molecule has 0 aliphatic heterocycles. The van der Waals surface area contributed by atoms with Crippen LogP contribution < -0.4 is 9.47 Å². The second-order valence-corrected chi connectivity index (χ2v) is 4.26. The zero-order chi connectivity index (χ0) is 12.0. The summed E-state index contributed by atoms with van der Waals surface area (Å²) in [5.74, 6) is 0.951. The normalized spacial score (nSPS) is 11.9. The van der Waals surface area contributed by atoms with Crippen LogP contribution in [0.3, 0.4) is 0 Å². The number of carboxylic acids is 1. The van der Waals surface area contributed by atoms with Crippen LogP contribution >= 0.6 is 11.8 Å². The molecule has 1 aromatic carbocycles. The molecule has 0 amide bonds. The minimum atomic E-state index is -0.970. The number of carboxylic acid groups (broad SMARTS) is 1. The van der Waals surface area contributed by atoms with Crippen LogP contribution in [0, 0.1) is 0 Å². The predicted octanol–water partition coefficient (Wildman–Crippen LogP) is 2.24. The van der Waals surface area contributed by atoms with Crippen molar-refractivity contribution in [2.45, 2.75) is 12.4 Å². The molecule has 0 spiro atoms. The molecule has 0 aliphatic rings. The summed E-state index contributed by atoms with van der Waals surface area (Å²) in [6.45, 7) is 1.89. The summed E-state index contributed by atoms with van der Waals surface area (Å²) < 4.78 is 10.3. The molecule has 16 heavy (non-hydrogen) atoms. The molecule has 1 atom stereocenters. The fraction of sp³-hybridized carbons (Fsp3) is 0.364. The molecular weight excluding hydrogens is 228 g/mol. The van der Waals surface area contributed by atoms with Crippen LogP contribution in [0.1, 0.15) is 6.92 Å². The fourth-order valence-corrected chi connectivity index (χ4v) is 1.71. The number of ether oxygens (including phenoxy) is 2. The topological polar surface area (TPSA) is 55.8 Å². The molecule has 4 nitrogen and oxygen atoms in total. The molecule has 0 fully saturated rings. The van der Waals surface area contributed by atoms with E-state index < -0.39 is 11.4 Å². The van der Waals surface area contributed by atoms with E-state index in [1.807, 2.05) is 6.92 Å². The summed E-state index contributed by atoms with van der Waals surface area (Å²) in [6, 6.07) is 6.83. The monoisotopic (exact) mass is 242 g/mol. The van der Waals surface area contributed by atoms with Crippen LogP contribution in [0.5, 0.6) is 11.5 Å². The molecule has 88 valence electrons. The molecule has 0 saturated carbocycles. The van der Waals surface area contributed by atoms with Crippen molar-refractivity contribution in [1.29, 1.82) is 0 Å². The van der Waals surface area contributed by atoms with Crippen molar-refractivity contribution in [3.05, 3.63) is 24.3 Å². The van der Waals surface area contributed by atoms with Gasteiger partial charge < -0.3 is 14.6 Å². The van der Waals surface area contributed by atoms with Gasteiger partial charge in [-0.05, 0) is 30.0 Å². The maximum Gasteiger partial charge on any atom is 0.355 e. The minimum Gasteiger partial charge on any atom is -0.497 e. The Bertz CT molecular complexity index is 336. The zero-order valence-corrected chi connectivity index (χ0v) is 9.99. The van der Waals surface area contributed by atoms with Gasteiger partial charge in [0.05, 0.1) is 7.11 Å². The fourth-order valence-electron chi connectivity index (χ4n) is 1.08. The van der Waals surface area contributed by atoms with E-state index in [2.05, 4.69) is 0 Å². The Balaban J connectivity index is 2.65. The molecular formula is C11H14O4S. The Morgan fingerprint density at radius 3 is 2.38 bits per heavy atom. The number of aliphatic carboxylic acids is 1. The van der Waals surface area contributed by atoms with Crippen LogP contribution in [0.2, 0.25) is 0 Å². The summed E-state index contributed by atoms with van der Waals surface area (Å²) in [7, 11) is 1.57. The van der Waals surface area contributed by atoms with E-state index >= 15 is 0 Å². The Kier molecular flexibility index (Phi) is 4.98. The Morgan fingerprint density at radius 1 is 1.38 bits per heavy atom. The third-order valence-corrected chi connectivity index (χ3v) is 2.76. The van der Waals surface area contributed by atoms with Crippen molar-refractivity contribution in [1.82, 2.24) is 0 Å². The smallest absolute Gasteiger partial charge is 0.355 e. The maximum atomic E-state index is 10.8. The van der Waals surface area contributed by atoms with Crippen molar-refractivity contribution < 1.29 is 19.4 Å². The average molecular weight is 242 g/mol. The minimum absolute atomic E-state index is 0.522.